The number of nitrogens with one attached hydrogen (secondary N) is 3. The molecule has 0 radical (unpaired) electrons. The van der Waals surface area contributed by atoms with Crippen molar-refractivity contribution in [3.63, 3.8) is 0 Å². The van der Waals surface area contributed by atoms with E-state index in [0.29, 0.717) is 53.4 Å². The topological polar surface area (TPSA) is 168 Å². The zero-order valence-electron chi connectivity index (χ0n) is 29.1. The van der Waals surface area contributed by atoms with E-state index in [1.165, 1.54) is 30.3 Å². The van der Waals surface area contributed by atoms with Gasteiger partial charge in [0.15, 0.2) is 0 Å². The Balaban J connectivity index is 1.54. The maximum atomic E-state index is 14.1. The smallest absolute Gasteiger partial charge is 0.410 e. The van der Waals surface area contributed by atoms with E-state index in [0.717, 1.165) is 0 Å². The Morgan fingerprint density at radius 3 is 2.40 bits per heavy atom. The SMILES string of the molecule is COc1cc2ncnc(Nc3ccccn3)c2cc1NC(=O)[C@@H]1CCCN1C(=O)[C@@H](NC(=O)[C@H](C)N(C)C(=O)OC(C)(C)C)C(C)(C)C. The first-order chi connectivity index (χ1) is 22.5. The lowest BCUT2D eigenvalue weighted by Crippen LogP contribution is -2.59. The van der Waals surface area contributed by atoms with Crippen LogP contribution < -0.4 is 20.7 Å². The van der Waals surface area contributed by atoms with E-state index < -0.39 is 47.0 Å². The van der Waals surface area contributed by atoms with Crippen LogP contribution in [0.3, 0.4) is 0 Å². The number of hydrogen-bond acceptors (Lipinski definition) is 10. The maximum absolute atomic E-state index is 14.1. The summed E-state index contributed by atoms with van der Waals surface area (Å²) in [6, 6.07) is 6.20. The number of nitrogens with zero attached hydrogens (tertiary/aromatic N) is 5. The molecule has 0 bridgehead atoms. The van der Waals surface area contributed by atoms with Crippen molar-refractivity contribution in [2.24, 2.45) is 5.41 Å². The molecule has 1 aliphatic rings. The van der Waals surface area contributed by atoms with Crippen molar-refractivity contribution in [2.75, 3.05) is 31.3 Å². The summed E-state index contributed by atoms with van der Waals surface area (Å²) in [4.78, 5) is 69.6. The van der Waals surface area contributed by atoms with Crippen molar-refractivity contribution in [3.8, 4) is 5.75 Å². The van der Waals surface area contributed by atoms with Crippen molar-refractivity contribution in [2.45, 2.75) is 85.0 Å². The van der Waals surface area contributed by atoms with E-state index >= 15 is 0 Å². The lowest BCUT2D eigenvalue weighted by Gasteiger charge is -2.36. The molecule has 2 aromatic heterocycles. The van der Waals surface area contributed by atoms with Gasteiger partial charge in [0.2, 0.25) is 17.7 Å². The summed E-state index contributed by atoms with van der Waals surface area (Å²) in [6.45, 7) is 12.6. The number of pyridine rings is 1. The summed E-state index contributed by atoms with van der Waals surface area (Å²) in [5, 5.41) is 9.61. The number of likely N-dealkylation sites (N-methyl/N-ethyl adjacent to an activating group) is 1. The molecule has 0 unspecified atom stereocenters. The fourth-order valence-electron chi connectivity index (χ4n) is 5.27. The Morgan fingerprint density at radius 2 is 1.77 bits per heavy atom. The van der Waals surface area contributed by atoms with Gasteiger partial charge in [-0.3, -0.25) is 19.3 Å². The van der Waals surface area contributed by atoms with Crippen molar-refractivity contribution in [1.29, 1.82) is 0 Å². The highest BCUT2D eigenvalue weighted by Crippen LogP contribution is 2.34. The highest BCUT2D eigenvalue weighted by atomic mass is 16.6. The Hall–Kier alpha value is -5.01. The number of carbonyl (C=O) groups is 4. The first-order valence-electron chi connectivity index (χ1n) is 15.9. The van der Waals surface area contributed by atoms with Crippen LogP contribution in [0.25, 0.3) is 10.9 Å². The van der Waals surface area contributed by atoms with Crippen LogP contribution in [0.1, 0.15) is 61.3 Å². The molecule has 1 fully saturated rings. The normalized spacial score (nSPS) is 16.1. The summed E-state index contributed by atoms with van der Waals surface area (Å²) >= 11 is 0. The summed E-state index contributed by atoms with van der Waals surface area (Å²) < 4.78 is 11.0. The van der Waals surface area contributed by atoms with Crippen molar-refractivity contribution >= 4 is 52.0 Å². The second kappa shape index (κ2) is 14.4. The van der Waals surface area contributed by atoms with Gasteiger partial charge in [-0.05, 0) is 64.2 Å². The zero-order valence-corrected chi connectivity index (χ0v) is 29.1. The minimum absolute atomic E-state index is 0.341. The van der Waals surface area contributed by atoms with Gasteiger partial charge in [-0.25, -0.2) is 19.7 Å². The third-order valence-corrected chi connectivity index (χ3v) is 8.01. The molecule has 4 rings (SSSR count). The second-order valence-corrected chi connectivity index (χ2v) is 13.9. The van der Waals surface area contributed by atoms with Crippen LogP contribution in [-0.4, -0.2) is 93.0 Å². The minimum atomic E-state index is -0.972. The first kappa shape index (κ1) is 35.8. The first-order valence-corrected chi connectivity index (χ1v) is 15.9. The lowest BCUT2D eigenvalue weighted by atomic mass is 9.85. The number of methoxy groups -OCH3 is 1. The van der Waals surface area contributed by atoms with Crippen LogP contribution in [0.5, 0.6) is 5.75 Å². The summed E-state index contributed by atoms with van der Waals surface area (Å²) in [6.07, 6.45) is 3.47. The van der Waals surface area contributed by atoms with Crippen LogP contribution in [-0.2, 0) is 19.1 Å². The zero-order chi connectivity index (χ0) is 35.4. The maximum Gasteiger partial charge on any atom is 0.410 e. The van der Waals surface area contributed by atoms with Crippen LogP contribution in [0.4, 0.5) is 22.1 Å². The largest absolute Gasteiger partial charge is 0.494 e. The van der Waals surface area contributed by atoms with Gasteiger partial charge in [0.05, 0.1) is 18.3 Å². The van der Waals surface area contributed by atoms with Gasteiger partial charge in [-0.15, -0.1) is 0 Å². The third kappa shape index (κ3) is 8.47. The predicted molar refractivity (Wildman–Crippen MR) is 182 cm³/mol. The molecule has 3 heterocycles. The second-order valence-electron chi connectivity index (χ2n) is 13.9. The molecule has 14 nitrogen and oxygen atoms in total. The fourth-order valence-corrected chi connectivity index (χ4v) is 5.27. The van der Waals surface area contributed by atoms with Crippen molar-refractivity contribution in [1.82, 2.24) is 30.1 Å². The van der Waals surface area contributed by atoms with Gasteiger partial charge in [0.1, 0.15) is 47.4 Å². The number of carbonyl (C=O) groups excluding carboxylic acids is 4. The van der Waals surface area contributed by atoms with Crippen molar-refractivity contribution in [3.05, 3.63) is 42.9 Å². The number of fused-ring (bicyclic) bond motifs is 1. The number of anilines is 3. The molecule has 3 aromatic rings. The summed E-state index contributed by atoms with van der Waals surface area (Å²) in [7, 11) is 2.96. The summed E-state index contributed by atoms with van der Waals surface area (Å²) in [5.74, 6) is 0.162. The number of amides is 4. The van der Waals surface area contributed by atoms with Gasteiger partial charge in [-0.2, -0.15) is 0 Å². The molecule has 14 heteroatoms. The van der Waals surface area contributed by atoms with E-state index in [-0.39, 0.29) is 5.91 Å². The Labute approximate surface area is 281 Å². The molecular weight excluding hydrogens is 616 g/mol. The third-order valence-electron chi connectivity index (χ3n) is 8.01. The molecule has 0 aliphatic carbocycles. The molecule has 258 valence electrons. The molecule has 0 saturated carbocycles. The molecule has 3 atom stereocenters. The average Bonchev–Trinajstić information content (AvgIpc) is 3.52. The van der Waals surface area contributed by atoms with Crippen molar-refractivity contribution < 1.29 is 28.7 Å². The molecule has 1 aliphatic heterocycles. The van der Waals surface area contributed by atoms with Gasteiger partial charge < -0.3 is 30.3 Å². The van der Waals surface area contributed by atoms with E-state index in [1.807, 2.05) is 32.9 Å². The average molecular weight is 663 g/mol. The van der Waals surface area contributed by atoms with Crippen LogP contribution in [0.2, 0.25) is 0 Å². The molecule has 4 amide bonds. The van der Waals surface area contributed by atoms with Gasteiger partial charge in [0, 0.05) is 31.2 Å². The molecule has 48 heavy (non-hydrogen) atoms. The highest BCUT2D eigenvalue weighted by molar-refractivity contribution is 6.03. The van der Waals surface area contributed by atoms with E-state index in [2.05, 4.69) is 30.9 Å². The number of rotatable bonds is 9. The van der Waals surface area contributed by atoms with Gasteiger partial charge >= 0.3 is 6.09 Å². The van der Waals surface area contributed by atoms with E-state index in [4.69, 9.17) is 9.47 Å². The number of ether oxygens (including phenoxy) is 2. The summed E-state index contributed by atoms with van der Waals surface area (Å²) in [5.41, 5.74) is -0.474. The van der Waals surface area contributed by atoms with E-state index in [1.54, 1.807) is 52.1 Å². The van der Waals surface area contributed by atoms with Crippen LogP contribution in [0, 0.1) is 5.41 Å². The predicted octanol–water partition coefficient (Wildman–Crippen LogP) is 4.49. The Morgan fingerprint density at radius 1 is 1.04 bits per heavy atom. The van der Waals surface area contributed by atoms with Crippen LogP contribution in [0.15, 0.2) is 42.9 Å². The number of benzene rings is 1. The number of aromatic nitrogens is 3. The molecular formula is C34H46N8O6. The van der Waals surface area contributed by atoms with Crippen LogP contribution >= 0.6 is 0 Å². The minimum Gasteiger partial charge on any atom is -0.494 e. The monoisotopic (exact) mass is 662 g/mol. The fraction of sp³-hybridized carbons (Fsp3) is 0.500. The molecule has 1 aromatic carbocycles. The lowest BCUT2D eigenvalue weighted by molar-refractivity contribution is -0.143. The quantitative estimate of drug-likeness (QED) is 0.297. The number of hydrogen-bond donors (Lipinski definition) is 3. The van der Waals surface area contributed by atoms with Gasteiger partial charge in [-0.1, -0.05) is 26.8 Å². The van der Waals surface area contributed by atoms with Gasteiger partial charge in [0.25, 0.3) is 0 Å². The van der Waals surface area contributed by atoms with E-state index in [9.17, 15) is 19.2 Å². The standard InChI is InChI=1S/C34H46N8O6/c1-20(41(8)32(46)48-34(5,6)7)29(43)40-27(33(2,3)4)31(45)42-16-12-13-24(42)30(44)38-23-17-21-22(18-25(23)47-9)36-19-37-28(21)39-26-14-10-11-15-35-26/h10-11,14-15,17-20,24,27H,12-13,16H2,1-9H3,(H,38,44)(H,40,43)(H,35,36,37,39)/t20-,24-,27+/m0/s1. The Kier molecular flexibility index (Phi) is 10.8. The number of likely N-dealkylation sites (tertiary alicyclic amines) is 1. The highest BCUT2D eigenvalue weighted by Gasteiger charge is 2.43. The molecule has 3 N–H and O–H groups in total. The molecule has 1 saturated heterocycles. The Bertz CT molecular complexity index is 1650. The molecule has 0 spiro atoms.